The molecule has 3 nitrogen and oxygen atoms in total. The van der Waals surface area contributed by atoms with E-state index < -0.39 is 0 Å². The van der Waals surface area contributed by atoms with Crippen molar-refractivity contribution in [3.05, 3.63) is 18.2 Å². The first kappa shape index (κ1) is 13.3. The predicted octanol–water partition coefficient (Wildman–Crippen LogP) is 1.14. The van der Waals surface area contributed by atoms with Gasteiger partial charge in [-0.15, -0.1) is 24.8 Å². The Kier molecular flexibility index (Phi) is 7.84. The minimum atomic E-state index is 0. The highest BCUT2D eigenvalue weighted by atomic mass is 35.5. The Morgan fingerprint density at radius 1 is 1.64 bits per heavy atom. The largest absolute Gasteiger partial charge is 0.348 e. The Bertz CT molecular complexity index is 162. The second kappa shape index (κ2) is 6.46. The lowest BCUT2D eigenvalue weighted by Gasteiger charge is -1.99. The predicted molar refractivity (Wildman–Crippen MR) is 50.4 cm³/mol. The van der Waals surface area contributed by atoms with Crippen molar-refractivity contribution in [3.63, 3.8) is 0 Å². The highest BCUT2D eigenvalue weighted by molar-refractivity contribution is 5.85. The fraction of sp³-hybridized carbons (Fsp3) is 0.500. The summed E-state index contributed by atoms with van der Waals surface area (Å²) in [5.41, 5.74) is 6.64. The van der Waals surface area contributed by atoms with E-state index in [1.165, 1.54) is 0 Å². The molecule has 0 aliphatic heterocycles. The van der Waals surface area contributed by atoms with Gasteiger partial charge in [0, 0.05) is 24.4 Å². The molecule has 0 saturated carbocycles. The number of nitrogens with zero attached hydrogens (tertiary/aromatic N) is 1. The van der Waals surface area contributed by atoms with E-state index >= 15 is 0 Å². The van der Waals surface area contributed by atoms with Crippen LogP contribution in [-0.4, -0.2) is 16.0 Å². The van der Waals surface area contributed by atoms with Gasteiger partial charge in [0.05, 0.1) is 6.33 Å². The zero-order chi connectivity index (χ0) is 6.69. The summed E-state index contributed by atoms with van der Waals surface area (Å²) in [5, 5.41) is 0. The molecule has 1 atom stereocenters. The molecule has 1 rings (SSSR count). The standard InChI is InChI=1S/C6H11N3.2ClH/c1-5(7)2-6-3-8-4-9-6;;/h3-5H,2,7H2,1H3,(H,8,9);2*1H/t5-;;/m1../s1. The summed E-state index contributed by atoms with van der Waals surface area (Å²) in [5.74, 6) is 0. The molecule has 0 saturated heterocycles. The van der Waals surface area contributed by atoms with Crippen molar-refractivity contribution in [2.45, 2.75) is 19.4 Å². The monoisotopic (exact) mass is 197 g/mol. The molecule has 1 heterocycles. The quantitative estimate of drug-likeness (QED) is 0.748. The number of H-pyrrole nitrogens is 1. The van der Waals surface area contributed by atoms with Crippen LogP contribution >= 0.6 is 24.8 Å². The van der Waals surface area contributed by atoms with E-state index in [-0.39, 0.29) is 30.9 Å². The second-order valence-electron chi connectivity index (χ2n) is 2.26. The number of aromatic nitrogens is 2. The average molecular weight is 198 g/mol. The van der Waals surface area contributed by atoms with Crippen molar-refractivity contribution in [2.24, 2.45) is 5.73 Å². The van der Waals surface area contributed by atoms with Crippen LogP contribution in [0.25, 0.3) is 0 Å². The number of aromatic amines is 1. The maximum Gasteiger partial charge on any atom is 0.0921 e. The molecule has 11 heavy (non-hydrogen) atoms. The highest BCUT2D eigenvalue weighted by Crippen LogP contribution is 1.93. The molecule has 0 radical (unpaired) electrons. The number of rotatable bonds is 2. The van der Waals surface area contributed by atoms with Crippen molar-refractivity contribution in [1.29, 1.82) is 0 Å². The summed E-state index contributed by atoms with van der Waals surface area (Å²) in [4.78, 5) is 6.84. The number of nitrogens with two attached hydrogens (primary N) is 1. The van der Waals surface area contributed by atoms with E-state index in [1.54, 1.807) is 12.5 Å². The van der Waals surface area contributed by atoms with Crippen LogP contribution in [0.15, 0.2) is 12.5 Å². The van der Waals surface area contributed by atoms with Crippen molar-refractivity contribution in [1.82, 2.24) is 9.97 Å². The van der Waals surface area contributed by atoms with Crippen LogP contribution in [0, 0.1) is 0 Å². The van der Waals surface area contributed by atoms with Gasteiger partial charge in [-0.1, -0.05) is 0 Å². The van der Waals surface area contributed by atoms with Gasteiger partial charge in [-0.2, -0.15) is 0 Å². The molecule has 3 N–H and O–H groups in total. The Hall–Kier alpha value is -0.250. The van der Waals surface area contributed by atoms with Gasteiger partial charge in [0.1, 0.15) is 0 Å². The zero-order valence-corrected chi connectivity index (χ0v) is 7.91. The third-order valence-electron chi connectivity index (χ3n) is 1.10. The summed E-state index contributed by atoms with van der Waals surface area (Å²) in [6.45, 7) is 1.97. The van der Waals surface area contributed by atoms with Gasteiger partial charge in [-0.25, -0.2) is 4.98 Å². The van der Waals surface area contributed by atoms with Crippen LogP contribution < -0.4 is 5.73 Å². The molecule has 0 aliphatic rings. The molecule has 0 aromatic carbocycles. The number of hydrogen-bond donors (Lipinski definition) is 2. The molecule has 1 aromatic rings. The fourth-order valence-corrected chi connectivity index (χ4v) is 0.743. The first-order valence-corrected chi connectivity index (χ1v) is 3.02. The summed E-state index contributed by atoms with van der Waals surface area (Å²) >= 11 is 0. The topological polar surface area (TPSA) is 54.7 Å². The highest BCUT2D eigenvalue weighted by Gasteiger charge is 1.96. The number of halogens is 2. The molecule has 0 amide bonds. The van der Waals surface area contributed by atoms with E-state index in [0.29, 0.717) is 0 Å². The maximum absolute atomic E-state index is 5.54. The Balaban J connectivity index is 0. The van der Waals surface area contributed by atoms with E-state index in [2.05, 4.69) is 9.97 Å². The number of hydrogen-bond acceptors (Lipinski definition) is 2. The average Bonchev–Trinajstić information content (AvgIpc) is 2.15. The summed E-state index contributed by atoms with van der Waals surface area (Å²) < 4.78 is 0. The van der Waals surface area contributed by atoms with Gasteiger partial charge in [-0.05, 0) is 6.92 Å². The molecule has 0 bridgehead atoms. The van der Waals surface area contributed by atoms with E-state index in [0.717, 1.165) is 12.1 Å². The molecule has 0 spiro atoms. The first-order chi connectivity index (χ1) is 4.29. The molecule has 0 aliphatic carbocycles. The number of imidazole rings is 1. The lowest BCUT2D eigenvalue weighted by Crippen LogP contribution is -2.17. The molecular formula is C6H13Cl2N3. The Morgan fingerprint density at radius 2 is 2.27 bits per heavy atom. The Labute approximate surface area is 78.6 Å². The van der Waals surface area contributed by atoms with Crippen LogP contribution in [0.5, 0.6) is 0 Å². The van der Waals surface area contributed by atoms with Crippen LogP contribution in [0.2, 0.25) is 0 Å². The summed E-state index contributed by atoms with van der Waals surface area (Å²) in [6, 6.07) is 0.213. The lowest BCUT2D eigenvalue weighted by molar-refractivity contribution is 0.725. The molecule has 66 valence electrons. The smallest absolute Gasteiger partial charge is 0.0921 e. The van der Waals surface area contributed by atoms with Gasteiger partial charge in [0.15, 0.2) is 0 Å². The van der Waals surface area contributed by atoms with Gasteiger partial charge in [0.2, 0.25) is 0 Å². The van der Waals surface area contributed by atoms with E-state index in [9.17, 15) is 0 Å². The molecular weight excluding hydrogens is 185 g/mol. The minimum Gasteiger partial charge on any atom is -0.348 e. The van der Waals surface area contributed by atoms with Crippen molar-refractivity contribution in [3.8, 4) is 0 Å². The fourth-order valence-electron chi connectivity index (χ4n) is 0.743. The van der Waals surface area contributed by atoms with Gasteiger partial charge >= 0.3 is 0 Å². The molecule has 1 aromatic heterocycles. The molecule has 0 unspecified atom stereocenters. The Morgan fingerprint density at radius 3 is 2.64 bits per heavy atom. The SMILES string of the molecule is C[C@@H](N)Cc1cnc[nH]1.Cl.Cl. The number of nitrogens with one attached hydrogen (secondary N) is 1. The van der Waals surface area contributed by atoms with Gasteiger partial charge in [0.25, 0.3) is 0 Å². The third-order valence-corrected chi connectivity index (χ3v) is 1.10. The molecule has 5 heteroatoms. The van der Waals surface area contributed by atoms with Crippen molar-refractivity contribution < 1.29 is 0 Å². The zero-order valence-electron chi connectivity index (χ0n) is 6.28. The van der Waals surface area contributed by atoms with Crippen LogP contribution in [0.4, 0.5) is 0 Å². The minimum absolute atomic E-state index is 0. The lowest BCUT2D eigenvalue weighted by atomic mass is 10.2. The van der Waals surface area contributed by atoms with Gasteiger partial charge in [-0.3, -0.25) is 0 Å². The second-order valence-corrected chi connectivity index (χ2v) is 2.26. The maximum atomic E-state index is 5.54. The first-order valence-electron chi connectivity index (χ1n) is 3.02. The van der Waals surface area contributed by atoms with Crippen molar-refractivity contribution in [2.75, 3.05) is 0 Å². The van der Waals surface area contributed by atoms with E-state index in [4.69, 9.17) is 5.73 Å². The van der Waals surface area contributed by atoms with Crippen LogP contribution in [0.1, 0.15) is 12.6 Å². The summed E-state index contributed by atoms with van der Waals surface area (Å²) in [6.07, 6.45) is 4.33. The van der Waals surface area contributed by atoms with Gasteiger partial charge < -0.3 is 10.7 Å². The van der Waals surface area contributed by atoms with E-state index in [1.807, 2.05) is 6.92 Å². The van der Waals surface area contributed by atoms with Crippen LogP contribution in [-0.2, 0) is 6.42 Å². The van der Waals surface area contributed by atoms with Crippen LogP contribution in [0.3, 0.4) is 0 Å². The molecule has 0 fully saturated rings. The summed E-state index contributed by atoms with van der Waals surface area (Å²) in [7, 11) is 0. The third kappa shape index (κ3) is 5.07. The van der Waals surface area contributed by atoms with Crippen molar-refractivity contribution >= 4 is 24.8 Å². The normalized spacial score (nSPS) is 11.1.